The van der Waals surface area contributed by atoms with Gasteiger partial charge < -0.3 is 10.2 Å². The molecule has 2 aromatic rings. The molecule has 34 heavy (non-hydrogen) atoms. The average Bonchev–Trinajstić information content (AvgIpc) is 3.32. The van der Waals surface area contributed by atoms with E-state index in [2.05, 4.69) is 15.3 Å². The van der Waals surface area contributed by atoms with Crippen LogP contribution < -0.4 is 10.2 Å². The molecule has 0 aliphatic carbocycles. The molecule has 1 amide bonds. The summed E-state index contributed by atoms with van der Waals surface area (Å²) in [5.41, 5.74) is 0.528. The van der Waals surface area contributed by atoms with Crippen LogP contribution in [0.1, 0.15) is 31.4 Å². The molecule has 1 aromatic carbocycles. The van der Waals surface area contributed by atoms with Gasteiger partial charge in [0, 0.05) is 25.7 Å². The molecule has 184 valence electrons. The van der Waals surface area contributed by atoms with E-state index >= 15 is 0 Å². The topological polar surface area (TPSA) is 78.4 Å². The SMILES string of the molecule is O=C(NCc1cc(N2CCC(C(F)(F)F)CC2)ncn1)C1CCCN1S(=O)c1ccc(F)cc1. The molecule has 1 N–H and O–H groups in total. The zero-order valence-electron chi connectivity index (χ0n) is 18.3. The van der Waals surface area contributed by atoms with Crippen molar-refractivity contribution < 1.29 is 26.6 Å². The lowest BCUT2D eigenvalue weighted by molar-refractivity contribution is -0.179. The summed E-state index contributed by atoms with van der Waals surface area (Å²) in [6, 6.07) is 6.43. The number of alkyl halides is 3. The minimum atomic E-state index is -4.18. The van der Waals surface area contributed by atoms with Crippen molar-refractivity contribution in [2.45, 2.75) is 49.3 Å². The summed E-state index contributed by atoms with van der Waals surface area (Å²) in [6.07, 6.45) is -1.57. The lowest BCUT2D eigenvalue weighted by Crippen LogP contribution is -2.43. The van der Waals surface area contributed by atoms with E-state index in [1.54, 1.807) is 15.3 Å². The van der Waals surface area contributed by atoms with Gasteiger partial charge in [0.1, 0.15) is 35.0 Å². The molecule has 4 rings (SSSR count). The van der Waals surface area contributed by atoms with E-state index in [9.17, 15) is 26.6 Å². The van der Waals surface area contributed by atoms with Crippen molar-refractivity contribution in [3.8, 4) is 0 Å². The van der Waals surface area contributed by atoms with Crippen LogP contribution in [0, 0.1) is 11.7 Å². The Morgan fingerprint density at radius 3 is 2.47 bits per heavy atom. The van der Waals surface area contributed by atoms with E-state index in [-0.39, 0.29) is 38.4 Å². The Labute approximate surface area is 197 Å². The highest BCUT2D eigenvalue weighted by atomic mass is 32.2. The predicted molar refractivity (Wildman–Crippen MR) is 117 cm³/mol. The van der Waals surface area contributed by atoms with Gasteiger partial charge in [-0.2, -0.15) is 13.2 Å². The number of rotatable bonds is 6. The zero-order chi connectivity index (χ0) is 24.3. The van der Waals surface area contributed by atoms with Crippen LogP contribution >= 0.6 is 0 Å². The lowest BCUT2D eigenvalue weighted by Gasteiger charge is -2.33. The van der Waals surface area contributed by atoms with Gasteiger partial charge >= 0.3 is 6.18 Å². The molecule has 3 heterocycles. The van der Waals surface area contributed by atoms with E-state index in [1.165, 1.54) is 30.6 Å². The first-order valence-corrected chi connectivity index (χ1v) is 12.2. The van der Waals surface area contributed by atoms with Crippen LogP contribution in [-0.2, 0) is 22.3 Å². The Balaban J connectivity index is 1.34. The number of nitrogens with one attached hydrogen (secondary N) is 1. The second-order valence-electron chi connectivity index (χ2n) is 8.39. The summed E-state index contributed by atoms with van der Waals surface area (Å²) in [6.45, 7) is 1.09. The molecule has 2 fully saturated rings. The quantitative estimate of drug-likeness (QED) is 0.618. The van der Waals surface area contributed by atoms with Gasteiger partial charge in [-0.1, -0.05) is 0 Å². The number of nitrogens with zero attached hydrogens (tertiary/aromatic N) is 4. The number of carbonyl (C=O) groups excluding carboxylic acids is 1. The van der Waals surface area contributed by atoms with Crippen molar-refractivity contribution in [1.82, 2.24) is 19.6 Å². The Hall–Kier alpha value is -2.60. The summed E-state index contributed by atoms with van der Waals surface area (Å²) < 4.78 is 66.4. The highest BCUT2D eigenvalue weighted by molar-refractivity contribution is 7.82. The van der Waals surface area contributed by atoms with Gasteiger partial charge in [0.25, 0.3) is 0 Å². The maximum atomic E-state index is 13.2. The Morgan fingerprint density at radius 1 is 1.09 bits per heavy atom. The van der Waals surface area contributed by atoms with Gasteiger partial charge in [0.15, 0.2) is 0 Å². The first-order chi connectivity index (χ1) is 16.2. The third kappa shape index (κ3) is 5.72. The van der Waals surface area contributed by atoms with E-state index in [1.807, 2.05) is 0 Å². The van der Waals surface area contributed by atoms with Crippen molar-refractivity contribution >= 4 is 22.7 Å². The number of anilines is 1. The molecule has 0 spiro atoms. The van der Waals surface area contributed by atoms with E-state index < -0.39 is 34.9 Å². The molecule has 2 aliphatic rings. The molecular weight excluding hydrogens is 474 g/mol. The Kier molecular flexibility index (Phi) is 7.46. The fourth-order valence-electron chi connectivity index (χ4n) is 4.27. The summed E-state index contributed by atoms with van der Waals surface area (Å²) in [5.74, 6) is -1.48. The van der Waals surface area contributed by atoms with Crippen LogP contribution in [0.15, 0.2) is 41.6 Å². The van der Waals surface area contributed by atoms with Gasteiger partial charge in [-0.05, 0) is 49.9 Å². The largest absolute Gasteiger partial charge is 0.391 e. The minimum absolute atomic E-state index is 0.0162. The van der Waals surface area contributed by atoms with Gasteiger partial charge in [-0.3, -0.25) is 4.79 Å². The van der Waals surface area contributed by atoms with Gasteiger partial charge in [-0.25, -0.2) is 22.9 Å². The fourth-order valence-corrected chi connectivity index (χ4v) is 5.64. The van der Waals surface area contributed by atoms with Gasteiger partial charge in [-0.15, -0.1) is 0 Å². The molecule has 0 radical (unpaired) electrons. The van der Waals surface area contributed by atoms with Crippen LogP contribution in [0.3, 0.4) is 0 Å². The molecule has 7 nitrogen and oxygen atoms in total. The van der Waals surface area contributed by atoms with Crippen molar-refractivity contribution in [3.05, 3.63) is 48.2 Å². The van der Waals surface area contributed by atoms with E-state index in [0.717, 1.165) is 0 Å². The third-order valence-corrected chi connectivity index (χ3v) is 7.71. The first kappa shape index (κ1) is 24.5. The number of aromatic nitrogens is 2. The number of hydrogen-bond acceptors (Lipinski definition) is 5. The van der Waals surface area contributed by atoms with E-state index in [4.69, 9.17) is 0 Å². The Morgan fingerprint density at radius 2 is 1.79 bits per heavy atom. The molecule has 2 saturated heterocycles. The van der Waals surface area contributed by atoms with Gasteiger partial charge in [0.05, 0.1) is 23.1 Å². The average molecular weight is 500 g/mol. The third-order valence-electron chi connectivity index (χ3n) is 6.17. The van der Waals surface area contributed by atoms with Crippen LogP contribution in [0.2, 0.25) is 0 Å². The monoisotopic (exact) mass is 499 g/mol. The smallest absolute Gasteiger partial charge is 0.356 e. The van der Waals surface area contributed by atoms with Gasteiger partial charge in [0.2, 0.25) is 5.91 Å². The molecule has 0 saturated carbocycles. The summed E-state index contributed by atoms with van der Waals surface area (Å²) >= 11 is 0. The molecule has 2 unspecified atom stereocenters. The highest BCUT2D eigenvalue weighted by Gasteiger charge is 2.41. The normalized spacial score (nSPS) is 20.9. The number of halogens is 4. The number of hydrogen-bond donors (Lipinski definition) is 1. The van der Waals surface area contributed by atoms with Crippen molar-refractivity contribution in [2.75, 3.05) is 24.5 Å². The molecule has 1 aromatic heterocycles. The standard InChI is InChI=1S/C22H25F4N5O2S/c23-16-3-5-18(6-4-16)34(33)31-9-1-2-19(31)21(32)27-13-17-12-20(29-14-28-17)30-10-7-15(8-11-30)22(24,25)26/h3-6,12,14-15,19H,1-2,7-11,13H2,(H,27,32). The second-order valence-corrected chi connectivity index (χ2v) is 9.83. The van der Waals surface area contributed by atoms with Crippen LogP contribution in [-0.4, -0.2) is 56.2 Å². The highest BCUT2D eigenvalue weighted by Crippen LogP contribution is 2.35. The predicted octanol–water partition coefficient (Wildman–Crippen LogP) is 3.20. The molecule has 2 aliphatic heterocycles. The number of piperidine rings is 1. The maximum Gasteiger partial charge on any atom is 0.391 e. The number of carbonyl (C=O) groups is 1. The fraction of sp³-hybridized carbons (Fsp3) is 0.500. The van der Waals surface area contributed by atoms with E-state index in [0.29, 0.717) is 35.8 Å². The van der Waals surface area contributed by atoms with Crippen molar-refractivity contribution in [1.29, 1.82) is 0 Å². The second kappa shape index (κ2) is 10.3. The lowest BCUT2D eigenvalue weighted by atomic mass is 9.96. The first-order valence-electron chi connectivity index (χ1n) is 11.1. The summed E-state index contributed by atoms with van der Waals surface area (Å²) in [7, 11) is -1.59. The molecule has 2 atom stereocenters. The molecule has 0 bridgehead atoms. The number of benzene rings is 1. The minimum Gasteiger partial charge on any atom is -0.356 e. The van der Waals surface area contributed by atoms with Crippen LogP contribution in [0.25, 0.3) is 0 Å². The molecule has 12 heteroatoms. The number of amides is 1. The maximum absolute atomic E-state index is 13.2. The van der Waals surface area contributed by atoms with Crippen LogP contribution in [0.4, 0.5) is 23.4 Å². The summed E-state index contributed by atoms with van der Waals surface area (Å²) in [5, 5.41) is 2.81. The zero-order valence-corrected chi connectivity index (χ0v) is 19.1. The summed E-state index contributed by atoms with van der Waals surface area (Å²) in [4.78, 5) is 23.4. The van der Waals surface area contributed by atoms with Crippen molar-refractivity contribution in [2.24, 2.45) is 5.92 Å². The Bertz CT molecular complexity index is 1030. The van der Waals surface area contributed by atoms with Crippen LogP contribution in [0.5, 0.6) is 0 Å². The van der Waals surface area contributed by atoms with Crippen molar-refractivity contribution in [3.63, 3.8) is 0 Å². The molecular formula is C22H25F4N5O2S.